The molecule has 2 rings (SSSR count). The standard InChI is InChI=1S/C11H21N3S/c1-11(6-3-7-15-11)8-13-10(12-2)14-9-4-5-9/h9H,3-8H2,1-2H3,(H2,12,13,14). The van der Waals surface area contributed by atoms with Gasteiger partial charge >= 0.3 is 0 Å². The second-order valence-electron chi connectivity index (χ2n) is 4.75. The maximum atomic E-state index is 4.25. The van der Waals surface area contributed by atoms with Gasteiger partial charge in [0.1, 0.15) is 0 Å². The van der Waals surface area contributed by atoms with Crippen molar-refractivity contribution in [3.8, 4) is 0 Å². The van der Waals surface area contributed by atoms with Crippen LogP contribution in [-0.4, -0.2) is 36.1 Å². The Kier molecular flexibility index (Phi) is 3.44. The zero-order chi connectivity index (χ0) is 10.7. The molecular formula is C11H21N3S. The van der Waals surface area contributed by atoms with Gasteiger partial charge in [-0.3, -0.25) is 4.99 Å². The van der Waals surface area contributed by atoms with Crippen LogP contribution in [0.25, 0.3) is 0 Å². The SMILES string of the molecule is CN=C(NCC1(C)CCCS1)NC1CC1. The van der Waals surface area contributed by atoms with Gasteiger partial charge < -0.3 is 10.6 Å². The molecule has 0 bridgehead atoms. The van der Waals surface area contributed by atoms with E-state index < -0.39 is 0 Å². The molecule has 2 aliphatic rings. The molecule has 0 spiro atoms. The van der Waals surface area contributed by atoms with E-state index in [0.29, 0.717) is 10.8 Å². The molecule has 2 fully saturated rings. The highest BCUT2D eigenvalue weighted by molar-refractivity contribution is 8.00. The van der Waals surface area contributed by atoms with Crippen molar-refractivity contribution >= 4 is 17.7 Å². The second kappa shape index (κ2) is 4.64. The van der Waals surface area contributed by atoms with Crippen molar-refractivity contribution in [2.75, 3.05) is 19.3 Å². The van der Waals surface area contributed by atoms with Crippen LogP contribution in [0, 0.1) is 0 Å². The number of nitrogens with zero attached hydrogens (tertiary/aromatic N) is 1. The highest BCUT2D eigenvalue weighted by Crippen LogP contribution is 2.36. The predicted molar refractivity (Wildman–Crippen MR) is 67.6 cm³/mol. The predicted octanol–water partition coefficient (Wildman–Crippen LogP) is 1.60. The molecule has 1 unspecified atom stereocenters. The molecule has 2 N–H and O–H groups in total. The Balaban J connectivity index is 1.74. The van der Waals surface area contributed by atoms with Crippen molar-refractivity contribution in [1.82, 2.24) is 10.6 Å². The fourth-order valence-corrected chi connectivity index (χ4v) is 3.11. The summed E-state index contributed by atoms with van der Waals surface area (Å²) in [6, 6.07) is 0.681. The molecule has 86 valence electrons. The first-order valence-corrected chi connectivity index (χ1v) is 6.82. The molecule has 0 aromatic carbocycles. The highest BCUT2D eigenvalue weighted by Gasteiger charge is 2.30. The van der Waals surface area contributed by atoms with Crippen molar-refractivity contribution in [3.05, 3.63) is 0 Å². The third kappa shape index (κ3) is 3.30. The lowest BCUT2D eigenvalue weighted by Gasteiger charge is -2.24. The van der Waals surface area contributed by atoms with E-state index in [-0.39, 0.29) is 0 Å². The third-order valence-corrected chi connectivity index (χ3v) is 4.61. The second-order valence-corrected chi connectivity index (χ2v) is 6.43. The van der Waals surface area contributed by atoms with E-state index in [0.717, 1.165) is 12.5 Å². The van der Waals surface area contributed by atoms with Crippen molar-refractivity contribution in [2.45, 2.75) is 43.4 Å². The fourth-order valence-electron chi connectivity index (χ4n) is 1.86. The smallest absolute Gasteiger partial charge is 0.191 e. The van der Waals surface area contributed by atoms with Gasteiger partial charge in [0.05, 0.1) is 0 Å². The van der Waals surface area contributed by atoms with E-state index >= 15 is 0 Å². The van der Waals surface area contributed by atoms with Crippen molar-refractivity contribution in [2.24, 2.45) is 4.99 Å². The van der Waals surface area contributed by atoms with Gasteiger partial charge in [0.2, 0.25) is 0 Å². The topological polar surface area (TPSA) is 36.4 Å². The lowest BCUT2D eigenvalue weighted by Crippen LogP contribution is -2.44. The zero-order valence-electron chi connectivity index (χ0n) is 9.68. The number of guanidine groups is 1. The summed E-state index contributed by atoms with van der Waals surface area (Å²) in [7, 11) is 1.85. The largest absolute Gasteiger partial charge is 0.355 e. The monoisotopic (exact) mass is 227 g/mol. The number of hydrogen-bond acceptors (Lipinski definition) is 2. The van der Waals surface area contributed by atoms with Crippen LogP contribution in [0.5, 0.6) is 0 Å². The van der Waals surface area contributed by atoms with Crippen LogP contribution in [0.15, 0.2) is 4.99 Å². The normalized spacial score (nSPS) is 31.7. The summed E-state index contributed by atoms with van der Waals surface area (Å²) in [5, 5.41) is 6.85. The van der Waals surface area contributed by atoms with E-state index in [1.54, 1.807) is 0 Å². The van der Waals surface area contributed by atoms with Gasteiger partial charge in [0.15, 0.2) is 5.96 Å². The van der Waals surface area contributed by atoms with Crippen LogP contribution in [0.2, 0.25) is 0 Å². The Labute approximate surface area is 96.5 Å². The Morgan fingerprint density at radius 1 is 1.53 bits per heavy atom. The molecular weight excluding hydrogens is 206 g/mol. The van der Waals surface area contributed by atoms with E-state index in [1.807, 2.05) is 7.05 Å². The molecule has 3 nitrogen and oxygen atoms in total. The van der Waals surface area contributed by atoms with E-state index in [1.165, 1.54) is 31.4 Å². The molecule has 0 aromatic rings. The van der Waals surface area contributed by atoms with Gasteiger partial charge in [-0.1, -0.05) is 0 Å². The third-order valence-electron chi connectivity index (χ3n) is 3.07. The van der Waals surface area contributed by atoms with Gasteiger partial charge in [0.25, 0.3) is 0 Å². The zero-order valence-corrected chi connectivity index (χ0v) is 10.5. The van der Waals surface area contributed by atoms with Crippen molar-refractivity contribution in [3.63, 3.8) is 0 Å². The number of nitrogens with one attached hydrogen (secondary N) is 2. The van der Waals surface area contributed by atoms with E-state index in [2.05, 4.69) is 34.3 Å². The van der Waals surface area contributed by atoms with Gasteiger partial charge in [-0.05, 0) is 38.4 Å². The molecule has 1 aliphatic heterocycles. The average molecular weight is 227 g/mol. The van der Waals surface area contributed by atoms with Crippen LogP contribution in [0.1, 0.15) is 32.6 Å². The minimum Gasteiger partial charge on any atom is -0.355 e. The van der Waals surface area contributed by atoms with E-state index in [4.69, 9.17) is 0 Å². The average Bonchev–Trinajstić information content (AvgIpc) is 2.95. The molecule has 0 radical (unpaired) electrons. The number of hydrogen-bond donors (Lipinski definition) is 2. The van der Waals surface area contributed by atoms with Crippen molar-refractivity contribution < 1.29 is 0 Å². The molecule has 0 amide bonds. The van der Waals surface area contributed by atoms with Crippen LogP contribution in [0.4, 0.5) is 0 Å². The van der Waals surface area contributed by atoms with Crippen LogP contribution >= 0.6 is 11.8 Å². The molecule has 1 aliphatic carbocycles. The molecule has 1 saturated carbocycles. The first-order valence-electron chi connectivity index (χ1n) is 5.83. The molecule has 1 saturated heterocycles. The van der Waals surface area contributed by atoms with Gasteiger partial charge in [-0.15, -0.1) is 0 Å². The van der Waals surface area contributed by atoms with Crippen LogP contribution < -0.4 is 10.6 Å². The van der Waals surface area contributed by atoms with Crippen molar-refractivity contribution in [1.29, 1.82) is 0 Å². The Hall–Kier alpha value is -0.380. The van der Waals surface area contributed by atoms with Crippen LogP contribution in [0.3, 0.4) is 0 Å². The Morgan fingerprint density at radius 2 is 2.33 bits per heavy atom. The maximum absolute atomic E-state index is 4.25. The maximum Gasteiger partial charge on any atom is 0.191 e. The summed E-state index contributed by atoms with van der Waals surface area (Å²) in [5.74, 6) is 2.29. The van der Waals surface area contributed by atoms with E-state index in [9.17, 15) is 0 Å². The molecule has 15 heavy (non-hydrogen) atoms. The van der Waals surface area contributed by atoms with Gasteiger partial charge in [0, 0.05) is 24.4 Å². The summed E-state index contributed by atoms with van der Waals surface area (Å²) in [4.78, 5) is 4.25. The van der Waals surface area contributed by atoms with Crippen LogP contribution in [-0.2, 0) is 0 Å². The summed E-state index contributed by atoms with van der Waals surface area (Å²) in [6.07, 6.45) is 5.28. The minimum atomic E-state index is 0.418. The summed E-state index contributed by atoms with van der Waals surface area (Å²) >= 11 is 2.09. The molecule has 1 atom stereocenters. The molecule has 1 heterocycles. The number of thioether (sulfide) groups is 1. The lowest BCUT2D eigenvalue weighted by atomic mass is 10.1. The number of rotatable bonds is 3. The quantitative estimate of drug-likeness (QED) is 0.568. The van der Waals surface area contributed by atoms with Gasteiger partial charge in [-0.25, -0.2) is 0 Å². The summed E-state index contributed by atoms with van der Waals surface area (Å²) in [6.45, 7) is 3.38. The first-order chi connectivity index (χ1) is 7.22. The summed E-state index contributed by atoms with van der Waals surface area (Å²) in [5.41, 5.74) is 0. The lowest BCUT2D eigenvalue weighted by molar-refractivity contribution is 0.584. The summed E-state index contributed by atoms with van der Waals surface area (Å²) < 4.78 is 0.418. The Morgan fingerprint density at radius 3 is 2.87 bits per heavy atom. The minimum absolute atomic E-state index is 0.418. The van der Waals surface area contributed by atoms with Gasteiger partial charge in [-0.2, -0.15) is 11.8 Å². The first kappa shape index (κ1) is 11.1. The Bertz CT molecular complexity index is 242. The molecule has 0 aromatic heterocycles. The fraction of sp³-hybridized carbons (Fsp3) is 0.909. The molecule has 4 heteroatoms. The number of aliphatic imine (C=N–C) groups is 1. The highest BCUT2D eigenvalue weighted by atomic mass is 32.2.